The molecule has 2 N–H and O–H groups in total. The number of H-pyrrole nitrogens is 1. The van der Waals surface area contributed by atoms with Crippen LogP contribution in [0.2, 0.25) is 5.02 Å². The smallest absolute Gasteiger partial charge is 0.354 e. The van der Waals surface area contributed by atoms with Crippen LogP contribution in [0.5, 0.6) is 0 Å². The fourth-order valence-electron chi connectivity index (χ4n) is 4.16. The summed E-state index contributed by atoms with van der Waals surface area (Å²) in [5, 5.41) is 11.2. The fourth-order valence-corrected chi connectivity index (χ4v) is 4.33. The minimum atomic E-state index is -1.26. The first-order chi connectivity index (χ1) is 15.8. The van der Waals surface area contributed by atoms with Gasteiger partial charge >= 0.3 is 11.7 Å². The summed E-state index contributed by atoms with van der Waals surface area (Å²) in [5.74, 6) is -1.26. The van der Waals surface area contributed by atoms with Crippen LogP contribution in [0.25, 0.3) is 27.5 Å². The number of aromatic amines is 1. The molecule has 2 heterocycles. The molecule has 0 bridgehead atoms. The Labute approximate surface area is 192 Å². The minimum absolute atomic E-state index is 0.0101. The first-order valence-corrected chi connectivity index (χ1v) is 10.6. The highest BCUT2D eigenvalue weighted by Crippen LogP contribution is 2.32. The molecule has 0 aliphatic heterocycles. The molecule has 0 saturated heterocycles. The van der Waals surface area contributed by atoms with Crippen LogP contribution in [0.15, 0.2) is 76.3 Å². The summed E-state index contributed by atoms with van der Waals surface area (Å²) >= 11 is 6.24. The highest BCUT2D eigenvalue weighted by Gasteiger charge is 2.27. The summed E-state index contributed by atoms with van der Waals surface area (Å²) in [5.41, 5.74) is 1.37. The molecule has 3 aromatic carbocycles. The Morgan fingerprint density at radius 3 is 2.45 bits per heavy atom. The number of nitrogens with zero attached hydrogens (tertiary/aromatic N) is 2. The molecule has 0 saturated carbocycles. The number of benzene rings is 3. The van der Waals surface area contributed by atoms with Crippen molar-refractivity contribution >= 4 is 39.4 Å². The number of carboxylic acid groups (broad SMARTS) is 1. The van der Waals surface area contributed by atoms with Gasteiger partial charge < -0.3 is 14.7 Å². The number of fused-ring (bicyclic) bond motifs is 2. The molecule has 0 atom stereocenters. The van der Waals surface area contributed by atoms with Gasteiger partial charge in [-0.25, -0.2) is 14.2 Å². The van der Waals surface area contributed by atoms with E-state index in [9.17, 15) is 19.5 Å². The third kappa shape index (κ3) is 3.43. The third-order valence-corrected chi connectivity index (χ3v) is 5.93. The van der Waals surface area contributed by atoms with Crippen molar-refractivity contribution in [1.29, 1.82) is 0 Å². The van der Waals surface area contributed by atoms with Crippen LogP contribution >= 0.6 is 11.6 Å². The lowest BCUT2D eigenvalue weighted by Crippen LogP contribution is -2.34. The van der Waals surface area contributed by atoms with E-state index in [-0.39, 0.29) is 23.3 Å². The predicted molar refractivity (Wildman–Crippen MR) is 128 cm³/mol. The van der Waals surface area contributed by atoms with E-state index < -0.39 is 17.2 Å². The molecule has 0 aliphatic carbocycles. The Hall–Kier alpha value is -4.10. The summed E-state index contributed by atoms with van der Waals surface area (Å²) < 4.78 is 2.48. The summed E-state index contributed by atoms with van der Waals surface area (Å²) in [4.78, 5) is 41.6. The fraction of sp³-hybridized carbons (Fsp3) is 0.0800. The predicted octanol–water partition coefficient (Wildman–Crippen LogP) is 4.34. The second-order valence-electron chi connectivity index (χ2n) is 7.85. The molecule has 0 unspecified atom stereocenters. The molecule has 0 radical (unpaired) electrons. The maximum absolute atomic E-state index is 13.4. The molecule has 5 aromatic rings. The number of carboxylic acids is 1. The Kier molecular flexibility index (Phi) is 4.91. The van der Waals surface area contributed by atoms with Crippen LogP contribution < -0.4 is 11.2 Å². The second kappa shape index (κ2) is 7.79. The summed E-state index contributed by atoms with van der Waals surface area (Å²) in [6.07, 6.45) is 0. The zero-order chi connectivity index (χ0) is 23.3. The Morgan fingerprint density at radius 1 is 1.00 bits per heavy atom. The number of halogens is 1. The van der Waals surface area contributed by atoms with Gasteiger partial charge in [-0.15, -0.1) is 0 Å². The molecular weight excluding hydrogens is 442 g/mol. The number of aromatic carboxylic acids is 1. The molecule has 0 aliphatic rings. The number of para-hydroxylation sites is 1. The largest absolute Gasteiger partial charge is 0.477 e. The van der Waals surface area contributed by atoms with Gasteiger partial charge in [0.2, 0.25) is 0 Å². The topological polar surface area (TPSA) is 97.1 Å². The normalized spacial score (nSPS) is 11.3. The second-order valence-corrected chi connectivity index (χ2v) is 8.29. The number of hydrogen-bond donors (Lipinski definition) is 2. The van der Waals surface area contributed by atoms with Crippen molar-refractivity contribution in [3.05, 3.63) is 109 Å². The number of carbonyl (C=O) groups is 1. The number of nitrogens with one attached hydrogen (secondary N) is 1. The van der Waals surface area contributed by atoms with E-state index in [0.717, 1.165) is 15.7 Å². The van der Waals surface area contributed by atoms with Gasteiger partial charge in [-0.1, -0.05) is 53.6 Å². The number of aromatic nitrogens is 3. The van der Waals surface area contributed by atoms with E-state index in [4.69, 9.17) is 11.6 Å². The summed E-state index contributed by atoms with van der Waals surface area (Å²) in [6.45, 7) is 2.20. The van der Waals surface area contributed by atoms with Gasteiger partial charge in [0, 0.05) is 17.0 Å². The monoisotopic (exact) mass is 459 g/mol. The van der Waals surface area contributed by atoms with Crippen molar-refractivity contribution < 1.29 is 9.90 Å². The van der Waals surface area contributed by atoms with E-state index in [2.05, 4.69) is 4.98 Å². The molecule has 5 rings (SSSR count). The van der Waals surface area contributed by atoms with E-state index in [1.807, 2.05) is 31.2 Å². The molecule has 33 heavy (non-hydrogen) atoms. The Morgan fingerprint density at radius 2 is 1.73 bits per heavy atom. The highest BCUT2D eigenvalue weighted by molar-refractivity contribution is 6.31. The van der Waals surface area contributed by atoms with Crippen molar-refractivity contribution in [2.24, 2.45) is 0 Å². The van der Waals surface area contributed by atoms with Crippen molar-refractivity contribution in [1.82, 2.24) is 14.1 Å². The van der Waals surface area contributed by atoms with E-state index in [1.54, 1.807) is 47.0 Å². The van der Waals surface area contributed by atoms with Crippen molar-refractivity contribution in [3.8, 4) is 5.69 Å². The van der Waals surface area contributed by atoms with Crippen molar-refractivity contribution in [2.75, 3.05) is 0 Å². The van der Waals surface area contributed by atoms with Gasteiger partial charge in [-0.2, -0.15) is 0 Å². The minimum Gasteiger partial charge on any atom is -0.477 e. The zero-order valence-corrected chi connectivity index (χ0v) is 18.3. The van der Waals surface area contributed by atoms with Crippen LogP contribution in [-0.2, 0) is 6.54 Å². The van der Waals surface area contributed by atoms with E-state index in [1.165, 1.54) is 0 Å². The van der Waals surface area contributed by atoms with Crippen LogP contribution in [0.3, 0.4) is 0 Å². The average Bonchev–Trinajstić information content (AvgIpc) is 3.08. The average molecular weight is 460 g/mol. The van der Waals surface area contributed by atoms with Crippen LogP contribution in [0, 0.1) is 6.92 Å². The Bertz CT molecular complexity index is 1680. The zero-order valence-electron chi connectivity index (χ0n) is 17.5. The number of aryl methyl sites for hydroxylation is 1. The standard InChI is InChI=1S/C25H18ClN3O4/c1-14-6-8-15(9-7-14)13-28-20-11-10-16(26)12-18(20)21(22(28)24(31)32)29-23(30)17-4-2-3-5-19(17)27-25(29)33/h2-12H,13H2,1H3,(H,27,33)(H,31,32). The quantitative estimate of drug-likeness (QED) is 0.417. The van der Waals surface area contributed by atoms with Gasteiger partial charge in [0.1, 0.15) is 0 Å². The highest BCUT2D eigenvalue weighted by atomic mass is 35.5. The lowest BCUT2D eigenvalue weighted by molar-refractivity contribution is 0.0686. The van der Waals surface area contributed by atoms with Gasteiger partial charge in [0.05, 0.1) is 22.1 Å². The molecule has 2 aromatic heterocycles. The number of hydrogen-bond acceptors (Lipinski definition) is 3. The molecule has 0 fully saturated rings. The van der Waals surface area contributed by atoms with Crippen LogP contribution in [-0.4, -0.2) is 25.2 Å². The summed E-state index contributed by atoms with van der Waals surface area (Å²) in [6, 6.07) is 19.2. The SMILES string of the molecule is Cc1ccc(Cn2c(C(=O)O)c(-n3c(=O)[nH]c4ccccc4c3=O)c3cc(Cl)ccc32)cc1. The lowest BCUT2D eigenvalue weighted by Gasteiger charge is -2.10. The Balaban J connectivity index is 1.90. The molecule has 0 spiro atoms. The van der Waals surface area contributed by atoms with Gasteiger partial charge in [-0.3, -0.25) is 4.79 Å². The first kappa shape index (κ1) is 20.8. The molecule has 7 nitrogen and oxygen atoms in total. The maximum Gasteiger partial charge on any atom is 0.354 e. The van der Waals surface area contributed by atoms with Crippen LogP contribution in [0.4, 0.5) is 0 Å². The van der Waals surface area contributed by atoms with Crippen molar-refractivity contribution in [3.63, 3.8) is 0 Å². The summed E-state index contributed by atoms with van der Waals surface area (Å²) in [7, 11) is 0. The first-order valence-electron chi connectivity index (χ1n) is 10.2. The molecule has 8 heteroatoms. The van der Waals surface area contributed by atoms with E-state index >= 15 is 0 Å². The van der Waals surface area contributed by atoms with Gasteiger partial charge in [0.15, 0.2) is 5.69 Å². The maximum atomic E-state index is 13.4. The number of rotatable bonds is 4. The van der Waals surface area contributed by atoms with E-state index in [0.29, 0.717) is 21.4 Å². The van der Waals surface area contributed by atoms with Crippen LogP contribution in [0.1, 0.15) is 21.6 Å². The van der Waals surface area contributed by atoms with Gasteiger partial charge in [-0.05, 0) is 42.8 Å². The molecule has 164 valence electrons. The van der Waals surface area contributed by atoms with Crippen molar-refractivity contribution in [2.45, 2.75) is 13.5 Å². The third-order valence-electron chi connectivity index (χ3n) is 5.69. The lowest BCUT2D eigenvalue weighted by atomic mass is 10.1. The molecule has 0 amide bonds. The van der Waals surface area contributed by atoms with Gasteiger partial charge in [0.25, 0.3) is 5.56 Å². The molecular formula is C25H18ClN3O4.